The molecule has 0 fully saturated rings. The number of hydrogen-bond donors (Lipinski definition) is 1. The van der Waals surface area contributed by atoms with Crippen LogP contribution in [-0.4, -0.2) is 38.5 Å². The molecule has 138 valence electrons. The molecule has 1 heterocycles. The quantitative estimate of drug-likeness (QED) is 0.836. The molecule has 0 aliphatic carbocycles. The fourth-order valence-corrected chi connectivity index (χ4v) is 5.00. The van der Waals surface area contributed by atoms with Crippen molar-refractivity contribution in [1.82, 2.24) is 9.62 Å². The van der Waals surface area contributed by atoms with Crippen LogP contribution in [0.2, 0.25) is 5.02 Å². The number of rotatable bonds is 4. The van der Waals surface area contributed by atoms with Gasteiger partial charge in [0.15, 0.2) is 0 Å². The van der Waals surface area contributed by atoms with Crippen molar-refractivity contribution in [3.8, 4) is 0 Å². The van der Waals surface area contributed by atoms with E-state index in [4.69, 9.17) is 11.6 Å². The van der Waals surface area contributed by atoms with Crippen LogP contribution in [0.5, 0.6) is 0 Å². The van der Waals surface area contributed by atoms with Crippen molar-refractivity contribution in [2.24, 2.45) is 0 Å². The molecule has 0 bridgehead atoms. The van der Waals surface area contributed by atoms with Crippen LogP contribution in [0.1, 0.15) is 28.4 Å². The van der Waals surface area contributed by atoms with E-state index in [9.17, 15) is 13.2 Å². The fourth-order valence-electron chi connectivity index (χ4n) is 2.77. The smallest absolute Gasteiger partial charge is 0.251 e. The number of carbonyl (C=O) groups excluding carboxylic acids is 1. The van der Waals surface area contributed by atoms with Gasteiger partial charge in [0.1, 0.15) is 0 Å². The average Bonchev–Trinajstić information content (AvgIpc) is 2.62. The van der Waals surface area contributed by atoms with Crippen molar-refractivity contribution in [2.75, 3.05) is 19.8 Å². The summed E-state index contributed by atoms with van der Waals surface area (Å²) >= 11 is 7.84. The maximum atomic E-state index is 12.7. The normalized spacial score (nSPS) is 17.0. The molecule has 1 atom stereocenters. The second kappa shape index (κ2) is 7.60. The maximum Gasteiger partial charge on any atom is 0.251 e. The van der Waals surface area contributed by atoms with E-state index < -0.39 is 10.0 Å². The van der Waals surface area contributed by atoms with E-state index in [-0.39, 0.29) is 16.8 Å². The summed E-state index contributed by atoms with van der Waals surface area (Å²) in [5.41, 5.74) is 1.31. The lowest BCUT2D eigenvalue weighted by Crippen LogP contribution is -2.31. The summed E-state index contributed by atoms with van der Waals surface area (Å²) in [4.78, 5) is 13.9. The first-order chi connectivity index (χ1) is 12.3. The van der Waals surface area contributed by atoms with Gasteiger partial charge in [0.05, 0.1) is 10.9 Å². The molecular formula is C18H19ClN2O3S2. The highest BCUT2D eigenvalue weighted by molar-refractivity contribution is 7.99. The molecule has 5 nitrogen and oxygen atoms in total. The van der Waals surface area contributed by atoms with Crippen LogP contribution in [0.4, 0.5) is 0 Å². The number of carbonyl (C=O) groups is 1. The first-order valence-electron chi connectivity index (χ1n) is 8.05. The van der Waals surface area contributed by atoms with Gasteiger partial charge in [-0.3, -0.25) is 4.79 Å². The number of sulfonamides is 1. The van der Waals surface area contributed by atoms with E-state index in [2.05, 4.69) is 5.32 Å². The zero-order valence-corrected chi connectivity index (χ0v) is 16.8. The summed E-state index contributed by atoms with van der Waals surface area (Å²) in [6.07, 6.45) is 0.791. The Morgan fingerprint density at radius 2 is 2.00 bits per heavy atom. The first-order valence-corrected chi connectivity index (χ1v) is 10.8. The van der Waals surface area contributed by atoms with Gasteiger partial charge in [-0.2, -0.15) is 0 Å². The molecule has 0 radical (unpaired) electrons. The molecular weight excluding hydrogens is 392 g/mol. The number of hydrogen-bond acceptors (Lipinski definition) is 4. The molecule has 8 heteroatoms. The van der Waals surface area contributed by atoms with Crippen molar-refractivity contribution in [2.45, 2.75) is 22.3 Å². The Morgan fingerprint density at radius 3 is 2.73 bits per heavy atom. The Hall–Kier alpha value is -1.54. The van der Waals surface area contributed by atoms with Gasteiger partial charge < -0.3 is 5.32 Å². The minimum absolute atomic E-state index is 0.0952. The summed E-state index contributed by atoms with van der Waals surface area (Å²) in [6.45, 7) is 0. The zero-order valence-electron chi connectivity index (χ0n) is 14.4. The van der Waals surface area contributed by atoms with E-state index in [1.807, 2.05) is 18.2 Å². The topological polar surface area (TPSA) is 66.5 Å². The lowest BCUT2D eigenvalue weighted by atomic mass is 10.0. The summed E-state index contributed by atoms with van der Waals surface area (Å²) < 4.78 is 25.7. The predicted molar refractivity (Wildman–Crippen MR) is 104 cm³/mol. The van der Waals surface area contributed by atoms with E-state index >= 15 is 0 Å². The van der Waals surface area contributed by atoms with Crippen LogP contribution in [0.25, 0.3) is 0 Å². The molecule has 1 amide bonds. The van der Waals surface area contributed by atoms with Gasteiger partial charge in [-0.05, 0) is 48.4 Å². The second-order valence-electron chi connectivity index (χ2n) is 6.16. The molecule has 26 heavy (non-hydrogen) atoms. The second-order valence-corrected chi connectivity index (χ2v) is 9.89. The molecule has 1 aliphatic rings. The van der Waals surface area contributed by atoms with E-state index in [1.165, 1.54) is 26.2 Å². The minimum Gasteiger partial charge on any atom is -0.345 e. The van der Waals surface area contributed by atoms with Crippen molar-refractivity contribution in [3.63, 3.8) is 0 Å². The van der Waals surface area contributed by atoms with Crippen LogP contribution >= 0.6 is 23.4 Å². The average molecular weight is 411 g/mol. The van der Waals surface area contributed by atoms with Crippen LogP contribution < -0.4 is 5.32 Å². The van der Waals surface area contributed by atoms with Gasteiger partial charge in [-0.1, -0.05) is 17.7 Å². The van der Waals surface area contributed by atoms with E-state index in [0.29, 0.717) is 10.6 Å². The Kier molecular flexibility index (Phi) is 5.62. The molecule has 1 N–H and O–H groups in total. The Bertz CT molecular complexity index is 945. The SMILES string of the molecule is CN(C)S(=O)(=O)c1cccc(C(=O)NC2CCSc3ccc(Cl)cc32)c1. The highest BCUT2D eigenvalue weighted by Gasteiger charge is 2.24. The van der Waals surface area contributed by atoms with Gasteiger partial charge in [0.25, 0.3) is 5.91 Å². The largest absolute Gasteiger partial charge is 0.345 e. The predicted octanol–water partition coefficient (Wildman–Crippen LogP) is 3.56. The van der Waals surface area contributed by atoms with Crippen LogP contribution in [-0.2, 0) is 10.0 Å². The standard InChI is InChI=1S/C18H19ClN2O3S2/c1-21(2)26(23,24)14-5-3-4-12(10-14)18(22)20-16-8-9-25-17-7-6-13(19)11-15(16)17/h3-7,10-11,16H,8-9H2,1-2H3,(H,20,22). The summed E-state index contributed by atoms with van der Waals surface area (Å²) in [6, 6.07) is 11.6. The highest BCUT2D eigenvalue weighted by Crippen LogP contribution is 2.37. The van der Waals surface area contributed by atoms with Crippen molar-refractivity contribution >= 4 is 39.3 Å². The van der Waals surface area contributed by atoms with Gasteiger partial charge in [0, 0.05) is 35.3 Å². The number of halogens is 1. The third-order valence-corrected chi connectivity index (χ3v) is 7.36. The van der Waals surface area contributed by atoms with Crippen LogP contribution in [0.3, 0.4) is 0 Å². The summed E-state index contributed by atoms with van der Waals surface area (Å²) in [5, 5.41) is 3.64. The molecule has 0 aromatic heterocycles. The molecule has 0 spiro atoms. The fraction of sp³-hybridized carbons (Fsp3) is 0.278. The van der Waals surface area contributed by atoms with E-state index in [0.717, 1.165) is 26.9 Å². The lowest BCUT2D eigenvalue weighted by molar-refractivity contribution is 0.0934. The minimum atomic E-state index is -3.59. The summed E-state index contributed by atoms with van der Waals surface area (Å²) in [5.74, 6) is 0.595. The highest BCUT2D eigenvalue weighted by atomic mass is 35.5. The monoisotopic (exact) mass is 410 g/mol. The number of thioether (sulfide) groups is 1. The Labute approximate surface area is 162 Å². The van der Waals surface area contributed by atoms with Crippen molar-refractivity contribution in [3.05, 3.63) is 58.6 Å². The maximum absolute atomic E-state index is 12.7. The number of nitrogens with one attached hydrogen (secondary N) is 1. The third-order valence-electron chi connectivity index (χ3n) is 4.19. The first kappa shape index (κ1) is 19.2. The van der Waals surface area contributed by atoms with Crippen LogP contribution in [0, 0.1) is 0 Å². The van der Waals surface area contributed by atoms with Gasteiger partial charge in [-0.25, -0.2) is 12.7 Å². The van der Waals surface area contributed by atoms with Gasteiger partial charge in [-0.15, -0.1) is 11.8 Å². The lowest BCUT2D eigenvalue weighted by Gasteiger charge is -2.26. The molecule has 2 aromatic rings. The number of amides is 1. The Morgan fingerprint density at radius 1 is 1.23 bits per heavy atom. The van der Waals surface area contributed by atoms with E-state index in [1.54, 1.807) is 23.9 Å². The molecule has 0 saturated heterocycles. The van der Waals surface area contributed by atoms with Gasteiger partial charge >= 0.3 is 0 Å². The molecule has 2 aromatic carbocycles. The Balaban J connectivity index is 1.85. The molecule has 1 aliphatic heterocycles. The van der Waals surface area contributed by atoms with Crippen LogP contribution in [0.15, 0.2) is 52.3 Å². The van der Waals surface area contributed by atoms with Crippen molar-refractivity contribution < 1.29 is 13.2 Å². The van der Waals surface area contributed by atoms with Crippen molar-refractivity contribution in [1.29, 1.82) is 0 Å². The molecule has 0 saturated carbocycles. The number of nitrogens with zero attached hydrogens (tertiary/aromatic N) is 1. The molecule has 3 rings (SSSR count). The zero-order chi connectivity index (χ0) is 18.9. The summed E-state index contributed by atoms with van der Waals surface area (Å²) in [7, 11) is -0.666. The van der Waals surface area contributed by atoms with Gasteiger partial charge in [0.2, 0.25) is 10.0 Å². The third kappa shape index (κ3) is 3.91. The number of fused-ring (bicyclic) bond motifs is 1. The molecule has 1 unspecified atom stereocenters. The number of benzene rings is 2.